The van der Waals surface area contributed by atoms with Gasteiger partial charge in [0.05, 0.1) is 0 Å². The van der Waals surface area contributed by atoms with Crippen LogP contribution in [0.5, 0.6) is 0 Å². The predicted molar refractivity (Wildman–Crippen MR) is 96.1 cm³/mol. The number of benzene rings is 1. The lowest BCUT2D eigenvalue weighted by Gasteiger charge is -2.17. The largest absolute Gasteiger partial charge is 0.450 e. The number of rotatable bonds is 5. The van der Waals surface area contributed by atoms with E-state index in [-0.39, 0.29) is 0 Å². The molecule has 2 heteroatoms. The van der Waals surface area contributed by atoms with E-state index < -0.39 is 0 Å². The Hall–Kier alpha value is -2.19. The Morgan fingerprint density at radius 3 is 2.59 bits per heavy atom. The fourth-order valence-corrected chi connectivity index (χ4v) is 3.97. The van der Waals surface area contributed by atoms with Gasteiger partial charge in [0.15, 0.2) is 5.09 Å². The van der Waals surface area contributed by atoms with Crippen LogP contribution in [0.1, 0.15) is 5.56 Å². The van der Waals surface area contributed by atoms with Gasteiger partial charge in [-0.15, -0.1) is 0 Å². The number of hydrogen-bond acceptors (Lipinski definition) is 2. The highest BCUT2D eigenvalue weighted by Gasteiger charge is 2.35. The van der Waals surface area contributed by atoms with E-state index in [2.05, 4.69) is 61.7 Å². The van der Waals surface area contributed by atoms with Crippen LogP contribution in [0.25, 0.3) is 5.57 Å². The monoisotopic (exact) mass is 306 g/mol. The first kappa shape index (κ1) is 14.7. The molecule has 0 radical (unpaired) electrons. The minimum absolute atomic E-state index is 0.349. The standard InChI is InChI=1S/C20H18OS/c1-3-10-16(4-2)21-20-19(15-11-6-5-7-12-15)17-13-8-9-14-18(17)22-20/h3-14,17-18H,1-2H2/b16-10+. The smallest absolute Gasteiger partial charge is 0.165 e. The molecule has 0 spiro atoms. The van der Waals surface area contributed by atoms with E-state index in [0.717, 1.165) is 10.9 Å². The van der Waals surface area contributed by atoms with Crippen LogP contribution in [0.2, 0.25) is 0 Å². The number of fused-ring (bicyclic) bond motifs is 1. The van der Waals surface area contributed by atoms with Crippen molar-refractivity contribution in [2.75, 3.05) is 0 Å². The van der Waals surface area contributed by atoms with Crippen LogP contribution in [-0.4, -0.2) is 5.25 Å². The molecule has 110 valence electrons. The summed E-state index contributed by atoms with van der Waals surface area (Å²) in [7, 11) is 0. The summed E-state index contributed by atoms with van der Waals surface area (Å²) in [6.45, 7) is 7.53. The Morgan fingerprint density at radius 2 is 1.86 bits per heavy atom. The van der Waals surface area contributed by atoms with E-state index in [9.17, 15) is 0 Å². The van der Waals surface area contributed by atoms with Gasteiger partial charge in [-0.05, 0) is 17.7 Å². The van der Waals surface area contributed by atoms with Gasteiger partial charge in [-0.3, -0.25) is 0 Å². The first-order valence-corrected chi connectivity index (χ1v) is 8.15. The number of thioether (sulfide) groups is 1. The first-order chi connectivity index (χ1) is 10.8. The first-order valence-electron chi connectivity index (χ1n) is 7.27. The summed E-state index contributed by atoms with van der Waals surface area (Å²) >= 11 is 1.76. The Morgan fingerprint density at radius 1 is 1.09 bits per heavy atom. The molecule has 2 unspecified atom stereocenters. The Labute approximate surface area is 136 Å². The number of allylic oxidation sites excluding steroid dienone is 7. The predicted octanol–water partition coefficient (Wildman–Crippen LogP) is 5.49. The van der Waals surface area contributed by atoms with Crippen LogP contribution < -0.4 is 0 Å². The zero-order valence-corrected chi connectivity index (χ0v) is 13.1. The van der Waals surface area contributed by atoms with Crippen molar-refractivity contribution in [2.24, 2.45) is 5.92 Å². The Balaban J connectivity index is 2.02. The van der Waals surface area contributed by atoms with Crippen LogP contribution >= 0.6 is 11.8 Å². The lowest BCUT2D eigenvalue weighted by atomic mass is 9.88. The fraction of sp³-hybridized carbons (Fsp3) is 0.100. The van der Waals surface area contributed by atoms with Gasteiger partial charge < -0.3 is 4.74 Å². The summed E-state index contributed by atoms with van der Waals surface area (Å²) in [6.07, 6.45) is 14.0. The maximum absolute atomic E-state index is 6.11. The zero-order chi connectivity index (χ0) is 15.4. The number of hydrogen-bond donors (Lipinski definition) is 0. The normalized spacial score (nSPS) is 23.4. The average Bonchev–Trinajstić information content (AvgIpc) is 2.93. The molecule has 0 N–H and O–H groups in total. The molecule has 3 rings (SSSR count). The second kappa shape index (κ2) is 6.71. The van der Waals surface area contributed by atoms with Crippen LogP contribution in [0.3, 0.4) is 0 Å². The molecular formula is C20H18OS. The summed E-state index contributed by atoms with van der Waals surface area (Å²) < 4.78 is 6.11. The van der Waals surface area contributed by atoms with Gasteiger partial charge in [-0.1, -0.05) is 85.6 Å². The maximum Gasteiger partial charge on any atom is 0.165 e. The van der Waals surface area contributed by atoms with E-state index in [1.54, 1.807) is 23.9 Å². The average molecular weight is 306 g/mol. The summed E-state index contributed by atoms with van der Waals surface area (Å²) in [5.41, 5.74) is 2.45. The molecule has 0 fully saturated rings. The lowest BCUT2D eigenvalue weighted by molar-refractivity contribution is 0.357. The minimum atomic E-state index is 0.349. The second-order valence-corrected chi connectivity index (χ2v) is 6.21. The van der Waals surface area contributed by atoms with Crippen LogP contribution in [0.4, 0.5) is 0 Å². The fourth-order valence-electron chi connectivity index (χ4n) is 2.66. The van der Waals surface area contributed by atoms with Gasteiger partial charge in [0, 0.05) is 16.7 Å². The molecule has 0 aromatic heterocycles. The molecule has 1 aromatic rings. The highest BCUT2D eigenvalue weighted by Crippen LogP contribution is 2.50. The van der Waals surface area contributed by atoms with Crippen LogP contribution in [0.15, 0.2) is 96.9 Å². The molecule has 1 aromatic carbocycles. The van der Waals surface area contributed by atoms with Gasteiger partial charge in [0.25, 0.3) is 0 Å². The highest BCUT2D eigenvalue weighted by atomic mass is 32.2. The van der Waals surface area contributed by atoms with Crippen molar-refractivity contribution in [1.82, 2.24) is 0 Å². The Bertz CT molecular complexity index is 692. The van der Waals surface area contributed by atoms with Gasteiger partial charge in [-0.2, -0.15) is 0 Å². The minimum Gasteiger partial charge on any atom is -0.450 e. The second-order valence-electron chi connectivity index (χ2n) is 5.06. The van der Waals surface area contributed by atoms with Crippen molar-refractivity contribution in [3.05, 3.63) is 102 Å². The van der Waals surface area contributed by atoms with Gasteiger partial charge >= 0.3 is 0 Å². The lowest BCUT2D eigenvalue weighted by Crippen LogP contribution is -2.11. The summed E-state index contributed by atoms with van der Waals surface area (Å²) in [4.78, 5) is 0. The van der Waals surface area contributed by atoms with Gasteiger partial charge in [0.2, 0.25) is 0 Å². The molecule has 0 saturated heterocycles. The Kier molecular flexibility index (Phi) is 4.50. The van der Waals surface area contributed by atoms with E-state index in [1.807, 2.05) is 12.1 Å². The van der Waals surface area contributed by atoms with E-state index >= 15 is 0 Å². The summed E-state index contributed by atoms with van der Waals surface area (Å²) in [6, 6.07) is 10.4. The molecule has 1 aliphatic carbocycles. The molecule has 1 aliphatic heterocycles. The number of ether oxygens (including phenoxy) is 1. The quantitative estimate of drug-likeness (QED) is 0.526. The van der Waals surface area contributed by atoms with Crippen molar-refractivity contribution in [1.29, 1.82) is 0 Å². The molecule has 1 heterocycles. The summed E-state index contributed by atoms with van der Waals surface area (Å²) in [5.74, 6) is 1.07. The topological polar surface area (TPSA) is 9.23 Å². The third kappa shape index (κ3) is 2.88. The van der Waals surface area contributed by atoms with Crippen LogP contribution in [-0.2, 0) is 4.74 Å². The zero-order valence-electron chi connectivity index (χ0n) is 12.3. The molecule has 0 amide bonds. The third-order valence-corrected chi connectivity index (χ3v) is 4.90. The SMILES string of the molecule is C=C/C=C(\C=C)OC1=C(c2ccccc2)C2C=CC=CC2S1. The van der Waals surface area contributed by atoms with Gasteiger partial charge in [0.1, 0.15) is 5.76 Å². The summed E-state index contributed by atoms with van der Waals surface area (Å²) in [5, 5.41) is 1.34. The highest BCUT2D eigenvalue weighted by molar-refractivity contribution is 8.04. The van der Waals surface area contributed by atoms with Crippen molar-refractivity contribution < 1.29 is 4.74 Å². The van der Waals surface area contributed by atoms with E-state index in [0.29, 0.717) is 11.2 Å². The third-order valence-electron chi connectivity index (χ3n) is 3.66. The molecule has 1 nitrogen and oxygen atoms in total. The molecular weight excluding hydrogens is 288 g/mol. The maximum atomic E-state index is 6.11. The van der Waals surface area contributed by atoms with Crippen molar-refractivity contribution in [2.45, 2.75) is 5.25 Å². The van der Waals surface area contributed by atoms with Crippen molar-refractivity contribution >= 4 is 17.3 Å². The van der Waals surface area contributed by atoms with Crippen molar-refractivity contribution in [3.63, 3.8) is 0 Å². The van der Waals surface area contributed by atoms with E-state index in [1.165, 1.54) is 11.1 Å². The van der Waals surface area contributed by atoms with Gasteiger partial charge in [-0.25, -0.2) is 0 Å². The molecule has 2 aliphatic rings. The molecule has 0 bridgehead atoms. The van der Waals surface area contributed by atoms with E-state index in [4.69, 9.17) is 4.74 Å². The van der Waals surface area contributed by atoms with Crippen molar-refractivity contribution in [3.8, 4) is 0 Å². The van der Waals surface area contributed by atoms with Crippen LogP contribution in [0, 0.1) is 5.92 Å². The molecule has 22 heavy (non-hydrogen) atoms. The molecule has 0 saturated carbocycles. The molecule has 2 atom stereocenters.